The molecule has 20 nitrogen and oxygen atoms in total. The molecule has 2 aliphatic heterocycles. The van der Waals surface area contributed by atoms with Crippen LogP contribution in [-0.2, 0) is 33.2 Å². The van der Waals surface area contributed by atoms with Crippen molar-refractivity contribution in [3.63, 3.8) is 0 Å². The molecule has 3 rings (SSSR count). The summed E-state index contributed by atoms with van der Waals surface area (Å²) in [6, 6.07) is -4.49. The number of carboxylic acid groups (broad SMARTS) is 1. The summed E-state index contributed by atoms with van der Waals surface area (Å²) >= 11 is 0. The highest BCUT2D eigenvalue weighted by molar-refractivity contribution is 5.69. The maximum atomic E-state index is 13.7. The lowest BCUT2D eigenvalue weighted by molar-refractivity contribution is -0.313. The van der Waals surface area contributed by atoms with Crippen LogP contribution in [-0.4, -0.2) is 178 Å². The minimum Gasteiger partial charge on any atom is -0.465 e. The van der Waals surface area contributed by atoms with Crippen LogP contribution in [0.15, 0.2) is 0 Å². The summed E-state index contributed by atoms with van der Waals surface area (Å²) in [6.45, 7) is 14.5. The monoisotopic (exact) mass is 839 g/mol. The van der Waals surface area contributed by atoms with Gasteiger partial charge in [0.15, 0.2) is 12.6 Å². The molecule has 12 atom stereocenters. The van der Waals surface area contributed by atoms with Gasteiger partial charge < -0.3 is 79.8 Å². The first-order valence-electron chi connectivity index (χ1n) is 19.4. The quantitative estimate of drug-likeness (QED) is 0.146. The Kier molecular flexibility index (Phi) is 16.4. The fourth-order valence-corrected chi connectivity index (χ4v) is 6.99. The highest BCUT2D eigenvalue weighted by Gasteiger charge is 2.54. The van der Waals surface area contributed by atoms with Crippen LogP contribution >= 0.6 is 0 Å². The van der Waals surface area contributed by atoms with E-state index in [-0.39, 0.29) is 32.4 Å². The summed E-state index contributed by atoms with van der Waals surface area (Å²) < 4.78 is 54.6. The molecule has 0 aromatic rings. The van der Waals surface area contributed by atoms with Gasteiger partial charge in [-0.25, -0.2) is 23.6 Å². The molecule has 336 valence electrons. The average molecular weight is 840 g/mol. The zero-order chi connectivity index (χ0) is 44.1. The summed E-state index contributed by atoms with van der Waals surface area (Å²) in [4.78, 5) is 52.9. The van der Waals surface area contributed by atoms with E-state index in [1.165, 1.54) is 6.92 Å². The Balaban J connectivity index is 1.99. The Labute approximate surface area is 339 Å². The van der Waals surface area contributed by atoms with E-state index >= 15 is 0 Å². The molecule has 8 N–H and O–H groups in total. The number of carbonyl (C=O) groups is 4. The van der Waals surface area contributed by atoms with Crippen molar-refractivity contribution in [2.75, 3.05) is 33.4 Å². The molecule has 0 aromatic heterocycles. The number of alkyl carbamates (subject to hydrolysis) is 2. The van der Waals surface area contributed by atoms with Crippen LogP contribution in [0.25, 0.3) is 0 Å². The van der Waals surface area contributed by atoms with Crippen molar-refractivity contribution >= 4 is 24.4 Å². The zero-order valence-corrected chi connectivity index (χ0v) is 35.4. The molecule has 3 fully saturated rings. The van der Waals surface area contributed by atoms with Crippen LogP contribution < -0.4 is 16.4 Å². The first-order valence-corrected chi connectivity index (χ1v) is 19.4. The molecule has 0 radical (unpaired) electrons. The van der Waals surface area contributed by atoms with E-state index in [0.717, 1.165) is 16.8 Å². The second-order valence-corrected chi connectivity index (χ2v) is 18.3. The fraction of sp³-hybridized carbons (Fsp3) is 0.892. The van der Waals surface area contributed by atoms with Crippen LogP contribution in [0, 0.1) is 0 Å². The number of aliphatic hydroxyl groups is 3. The minimum absolute atomic E-state index is 0.117. The van der Waals surface area contributed by atoms with E-state index in [2.05, 4.69) is 10.6 Å². The van der Waals surface area contributed by atoms with E-state index in [1.807, 2.05) is 0 Å². The number of nitrogens with zero attached hydrogens (tertiary/aromatic N) is 2. The van der Waals surface area contributed by atoms with Gasteiger partial charge in [-0.15, -0.1) is 0 Å². The van der Waals surface area contributed by atoms with Crippen LogP contribution in [0.3, 0.4) is 0 Å². The second-order valence-electron chi connectivity index (χ2n) is 18.3. The summed E-state index contributed by atoms with van der Waals surface area (Å²) in [5.41, 5.74) is 2.04. The highest BCUT2D eigenvalue weighted by atomic mass is 19.1. The lowest BCUT2D eigenvalue weighted by Crippen LogP contribution is -2.70. The molecule has 1 aliphatic carbocycles. The maximum Gasteiger partial charge on any atom is 0.410 e. The van der Waals surface area contributed by atoms with Crippen LogP contribution in [0.1, 0.15) is 88.5 Å². The Morgan fingerprint density at radius 1 is 0.845 bits per heavy atom. The molecule has 0 unspecified atom stereocenters. The number of nitrogens with two attached hydrogens (primary N) is 1. The molecule has 1 saturated carbocycles. The Bertz CT molecular complexity index is 1410. The summed E-state index contributed by atoms with van der Waals surface area (Å²) in [5.74, 6) is 0. The third-order valence-corrected chi connectivity index (χ3v) is 9.39. The van der Waals surface area contributed by atoms with Gasteiger partial charge >= 0.3 is 24.4 Å². The number of halogens is 1. The number of aliphatic hydroxyl groups excluding tert-OH is 2. The van der Waals surface area contributed by atoms with Gasteiger partial charge in [0.05, 0.1) is 43.9 Å². The van der Waals surface area contributed by atoms with Gasteiger partial charge in [-0.2, -0.15) is 0 Å². The molecule has 0 bridgehead atoms. The predicted molar refractivity (Wildman–Crippen MR) is 202 cm³/mol. The third-order valence-electron chi connectivity index (χ3n) is 9.39. The van der Waals surface area contributed by atoms with Crippen molar-refractivity contribution in [2.45, 2.75) is 178 Å². The van der Waals surface area contributed by atoms with E-state index in [4.69, 9.17) is 38.9 Å². The van der Waals surface area contributed by atoms with Crippen molar-refractivity contribution in [2.24, 2.45) is 5.73 Å². The number of carbonyl (C=O) groups excluding carboxylic acids is 3. The number of ether oxygens (including phenoxy) is 7. The zero-order valence-electron chi connectivity index (χ0n) is 35.4. The normalized spacial score (nSPS) is 33.3. The Hall–Kier alpha value is -3.31. The maximum absolute atomic E-state index is 13.7. The number of likely N-dealkylation sites (N-methyl/N-ethyl adjacent to an activating group) is 1. The van der Waals surface area contributed by atoms with Gasteiger partial charge in [-0.05, 0) is 88.5 Å². The predicted octanol–water partition coefficient (Wildman–Crippen LogP) is 1.79. The van der Waals surface area contributed by atoms with E-state index in [0.29, 0.717) is 0 Å². The topological polar surface area (TPSA) is 270 Å². The summed E-state index contributed by atoms with van der Waals surface area (Å²) in [5, 5.41) is 49.3. The van der Waals surface area contributed by atoms with Crippen molar-refractivity contribution in [1.29, 1.82) is 0 Å². The number of alkyl halides is 1. The van der Waals surface area contributed by atoms with Gasteiger partial charge in [-0.1, -0.05) is 0 Å². The van der Waals surface area contributed by atoms with Crippen LogP contribution in [0.5, 0.6) is 0 Å². The molecular formula is C37H66FN5O15. The van der Waals surface area contributed by atoms with Gasteiger partial charge in [0, 0.05) is 13.1 Å². The fourth-order valence-electron chi connectivity index (χ4n) is 6.99. The number of hydrogen-bond acceptors (Lipinski definition) is 15. The molecule has 2 saturated heterocycles. The first kappa shape index (κ1) is 49.1. The van der Waals surface area contributed by atoms with Gasteiger partial charge in [0.25, 0.3) is 0 Å². The van der Waals surface area contributed by atoms with E-state index in [9.17, 15) is 44.0 Å². The van der Waals surface area contributed by atoms with Gasteiger partial charge in [0.1, 0.15) is 53.5 Å². The highest BCUT2D eigenvalue weighted by Crippen LogP contribution is 2.34. The van der Waals surface area contributed by atoms with E-state index < -0.39 is 127 Å². The lowest BCUT2D eigenvalue weighted by Gasteiger charge is -2.50. The lowest BCUT2D eigenvalue weighted by atomic mass is 9.83. The van der Waals surface area contributed by atoms with Crippen molar-refractivity contribution in [3.8, 4) is 0 Å². The number of hydrogen-bond donors (Lipinski definition) is 7. The summed E-state index contributed by atoms with van der Waals surface area (Å²) in [6.07, 6.45) is -13.7. The Morgan fingerprint density at radius 3 is 1.90 bits per heavy atom. The van der Waals surface area contributed by atoms with Crippen molar-refractivity contribution < 1.29 is 77.2 Å². The Morgan fingerprint density at radius 2 is 1.38 bits per heavy atom. The smallest absolute Gasteiger partial charge is 0.410 e. The number of amides is 4. The molecular weight excluding hydrogens is 773 g/mol. The number of nitrogens with one attached hydrogen (secondary N) is 2. The molecule has 21 heteroatoms. The molecule has 0 spiro atoms. The SMILES string of the molecule is CN(C(=O)O)[C@@H]1[C@@H](O)[C@@H](O[C@@H]2[C@@H](O)[C@H](O[C@H]3O[C@H](CN(CCF)C(=O)OC(C)(C)C)CC[C@H]3NC(=O)OC(C)(C)C)[C@@H](NC(=O)OC(C)(C)C)C[C@H]2N)OC[C@]1(C)O. The van der Waals surface area contributed by atoms with Crippen LogP contribution in [0.4, 0.5) is 23.6 Å². The van der Waals surface area contributed by atoms with Gasteiger partial charge in [0.2, 0.25) is 0 Å². The van der Waals surface area contributed by atoms with E-state index in [1.54, 1.807) is 62.3 Å². The van der Waals surface area contributed by atoms with Crippen molar-refractivity contribution in [1.82, 2.24) is 20.4 Å². The molecule has 4 amide bonds. The van der Waals surface area contributed by atoms with Crippen LogP contribution in [0.2, 0.25) is 0 Å². The minimum atomic E-state index is -1.83. The molecule has 58 heavy (non-hydrogen) atoms. The number of rotatable bonds is 11. The largest absolute Gasteiger partial charge is 0.465 e. The van der Waals surface area contributed by atoms with Crippen molar-refractivity contribution in [3.05, 3.63) is 0 Å². The molecule has 2 heterocycles. The second kappa shape index (κ2) is 19.4. The third kappa shape index (κ3) is 14.2. The standard InChI is InChI=1S/C37H66FN5O15/c1-34(2,3)56-30(46)40-21-13-12-19(17-43(15-14-38)33(50)58-36(7,8)9)53-28(21)55-26-22(41-31(47)57-35(4,5)6)16-20(39)25(23(26)44)54-29-24(45)27(42(11)32(48)49)37(10,51)18-52-29/h19-29,44-45,51H,12-18,39H2,1-11H3,(H,40,46)(H,41,47)(H,48,49)/t19-,20+,21+,22-,23+,24+,25-,26+,27+,28+,29+,37-/m0/s1. The average Bonchev–Trinajstić information content (AvgIpc) is 3.03. The van der Waals surface area contributed by atoms with Gasteiger partial charge in [-0.3, -0.25) is 0 Å². The first-order chi connectivity index (χ1) is 26.5. The summed E-state index contributed by atoms with van der Waals surface area (Å²) in [7, 11) is 1.16. The molecule has 3 aliphatic rings. The molecule has 0 aromatic carbocycles.